The molecule has 1 heterocycles. The maximum Gasteiger partial charge on any atom is 0.236 e. The van der Waals surface area contributed by atoms with E-state index in [1.54, 1.807) is 7.11 Å². The Balaban J connectivity index is 1.89. The second kappa shape index (κ2) is 9.56. The Hall–Kier alpha value is -1.43. The first-order chi connectivity index (χ1) is 10.8. The largest absolute Gasteiger partial charge is 0.383 e. The minimum Gasteiger partial charge on any atom is -0.383 e. The van der Waals surface area contributed by atoms with Crippen molar-refractivity contribution in [2.45, 2.75) is 25.5 Å². The molecule has 122 valence electrons. The van der Waals surface area contributed by atoms with Gasteiger partial charge in [0.25, 0.3) is 0 Å². The number of hydrogen-bond acceptors (Lipinski definition) is 4. The molecule has 1 N–H and O–H groups in total. The number of carbonyl (C=O) groups is 1. The van der Waals surface area contributed by atoms with E-state index in [0.717, 1.165) is 25.0 Å². The van der Waals surface area contributed by atoms with Gasteiger partial charge in [-0.05, 0) is 18.4 Å². The third-order valence-electron chi connectivity index (χ3n) is 3.78. The lowest BCUT2D eigenvalue weighted by Gasteiger charge is -2.26. The minimum absolute atomic E-state index is 0.107. The number of nitrogens with one attached hydrogen (secondary N) is 1. The highest BCUT2D eigenvalue weighted by atomic mass is 16.5. The van der Waals surface area contributed by atoms with Crippen molar-refractivity contribution in [2.75, 3.05) is 40.0 Å². The third kappa shape index (κ3) is 5.75. The van der Waals surface area contributed by atoms with Gasteiger partial charge in [-0.1, -0.05) is 30.3 Å². The summed E-state index contributed by atoms with van der Waals surface area (Å²) in [4.78, 5) is 14.4. The Morgan fingerprint density at radius 2 is 2.23 bits per heavy atom. The molecule has 0 bridgehead atoms. The van der Waals surface area contributed by atoms with E-state index in [1.165, 1.54) is 0 Å². The zero-order valence-corrected chi connectivity index (χ0v) is 13.3. The summed E-state index contributed by atoms with van der Waals surface area (Å²) in [5.74, 6) is 0.107. The summed E-state index contributed by atoms with van der Waals surface area (Å²) in [5, 5.41) is 3.12. The number of hydrogen-bond donors (Lipinski definition) is 1. The van der Waals surface area contributed by atoms with E-state index < -0.39 is 0 Å². The summed E-state index contributed by atoms with van der Waals surface area (Å²) < 4.78 is 10.7. The van der Waals surface area contributed by atoms with Crippen LogP contribution in [0.25, 0.3) is 0 Å². The Kier molecular flexibility index (Phi) is 7.36. The molecule has 1 atom stereocenters. The smallest absolute Gasteiger partial charge is 0.236 e. The molecule has 2 rings (SSSR count). The van der Waals surface area contributed by atoms with E-state index in [4.69, 9.17) is 9.47 Å². The molecule has 0 radical (unpaired) electrons. The SMILES string of the molecule is COCCNCC(=O)N(Cc1ccccc1)CC1CCCO1. The lowest BCUT2D eigenvalue weighted by Crippen LogP contribution is -2.42. The van der Waals surface area contributed by atoms with Gasteiger partial charge in [-0.3, -0.25) is 4.79 Å². The van der Waals surface area contributed by atoms with Crippen molar-refractivity contribution in [2.24, 2.45) is 0 Å². The molecule has 1 amide bonds. The van der Waals surface area contributed by atoms with E-state index in [2.05, 4.69) is 5.32 Å². The first kappa shape index (κ1) is 16.9. The number of nitrogens with zero attached hydrogens (tertiary/aromatic N) is 1. The second-order valence-electron chi connectivity index (χ2n) is 5.56. The molecule has 1 aliphatic heterocycles. The molecule has 22 heavy (non-hydrogen) atoms. The maximum atomic E-state index is 12.5. The quantitative estimate of drug-likeness (QED) is 0.701. The van der Waals surface area contributed by atoms with Gasteiger partial charge < -0.3 is 19.7 Å². The van der Waals surface area contributed by atoms with Crippen molar-refractivity contribution in [1.29, 1.82) is 0 Å². The number of carbonyl (C=O) groups excluding carboxylic acids is 1. The molecule has 5 heteroatoms. The average molecular weight is 306 g/mol. The highest BCUT2D eigenvalue weighted by Crippen LogP contribution is 2.15. The molecule has 0 saturated carbocycles. The van der Waals surface area contributed by atoms with Crippen molar-refractivity contribution >= 4 is 5.91 Å². The van der Waals surface area contributed by atoms with Crippen molar-refractivity contribution in [3.63, 3.8) is 0 Å². The van der Waals surface area contributed by atoms with E-state index >= 15 is 0 Å². The van der Waals surface area contributed by atoms with Gasteiger partial charge in [0.1, 0.15) is 0 Å². The van der Waals surface area contributed by atoms with Gasteiger partial charge in [-0.25, -0.2) is 0 Å². The number of benzene rings is 1. The summed E-state index contributed by atoms with van der Waals surface area (Å²) in [7, 11) is 1.66. The monoisotopic (exact) mass is 306 g/mol. The number of amides is 1. The van der Waals surface area contributed by atoms with Crippen LogP contribution in [-0.4, -0.2) is 56.9 Å². The van der Waals surface area contributed by atoms with Crippen LogP contribution in [0.15, 0.2) is 30.3 Å². The topological polar surface area (TPSA) is 50.8 Å². The van der Waals surface area contributed by atoms with Crippen LogP contribution in [0, 0.1) is 0 Å². The molecule has 0 aliphatic carbocycles. The van der Waals surface area contributed by atoms with Gasteiger partial charge in [0.15, 0.2) is 0 Å². The predicted octanol–water partition coefficient (Wildman–Crippen LogP) is 1.43. The summed E-state index contributed by atoms with van der Waals surface area (Å²) >= 11 is 0. The van der Waals surface area contributed by atoms with Gasteiger partial charge in [0.05, 0.1) is 19.3 Å². The normalized spacial score (nSPS) is 17.6. The van der Waals surface area contributed by atoms with E-state index in [1.807, 2.05) is 35.2 Å². The zero-order valence-electron chi connectivity index (χ0n) is 13.3. The fourth-order valence-electron chi connectivity index (χ4n) is 2.57. The van der Waals surface area contributed by atoms with Crippen LogP contribution >= 0.6 is 0 Å². The van der Waals surface area contributed by atoms with E-state index in [0.29, 0.717) is 32.8 Å². The molecule has 0 spiro atoms. The molecule has 1 unspecified atom stereocenters. The fourth-order valence-corrected chi connectivity index (χ4v) is 2.57. The van der Waals surface area contributed by atoms with Crippen LogP contribution in [0.5, 0.6) is 0 Å². The Labute approximate surface area is 132 Å². The Morgan fingerprint density at radius 3 is 2.91 bits per heavy atom. The lowest BCUT2D eigenvalue weighted by atomic mass is 10.2. The highest BCUT2D eigenvalue weighted by molar-refractivity contribution is 5.78. The maximum absolute atomic E-state index is 12.5. The molecule has 1 aromatic carbocycles. The Bertz CT molecular complexity index is 433. The summed E-state index contributed by atoms with van der Waals surface area (Å²) in [6, 6.07) is 10.1. The van der Waals surface area contributed by atoms with Gasteiger partial charge in [-0.2, -0.15) is 0 Å². The van der Waals surface area contributed by atoms with Crippen molar-refractivity contribution < 1.29 is 14.3 Å². The third-order valence-corrected chi connectivity index (χ3v) is 3.78. The highest BCUT2D eigenvalue weighted by Gasteiger charge is 2.22. The van der Waals surface area contributed by atoms with Crippen LogP contribution in [-0.2, 0) is 20.8 Å². The first-order valence-electron chi connectivity index (χ1n) is 7.92. The van der Waals surface area contributed by atoms with Gasteiger partial charge >= 0.3 is 0 Å². The standard InChI is InChI=1S/C17H26N2O3/c1-21-11-9-18-12-17(20)19(14-16-8-5-10-22-16)13-15-6-3-2-4-7-15/h2-4,6-7,16,18H,5,8-14H2,1H3. The molecule has 1 saturated heterocycles. The van der Waals surface area contributed by atoms with Crippen LogP contribution in [0.2, 0.25) is 0 Å². The average Bonchev–Trinajstić information content (AvgIpc) is 3.05. The van der Waals surface area contributed by atoms with Crippen molar-refractivity contribution in [3.8, 4) is 0 Å². The summed E-state index contributed by atoms with van der Waals surface area (Å²) in [5.41, 5.74) is 1.14. The molecule has 1 aromatic rings. The molecule has 1 fully saturated rings. The molecule has 0 aromatic heterocycles. The zero-order chi connectivity index (χ0) is 15.6. The van der Waals surface area contributed by atoms with Crippen LogP contribution in [0.4, 0.5) is 0 Å². The number of methoxy groups -OCH3 is 1. The minimum atomic E-state index is 0.107. The Morgan fingerprint density at radius 1 is 1.41 bits per heavy atom. The van der Waals surface area contributed by atoms with Crippen molar-refractivity contribution in [1.82, 2.24) is 10.2 Å². The van der Waals surface area contributed by atoms with Gasteiger partial charge in [0, 0.05) is 33.4 Å². The van der Waals surface area contributed by atoms with Crippen LogP contribution < -0.4 is 5.32 Å². The van der Waals surface area contributed by atoms with Gasteiger partial charge in [-0.15, -0.1) is 0 Å². The van der Waals surface area contributed by atoms with Crippen LogP contribution in [0.1, 0.15) is 18.4 Å². The van der Waals surface area contributed by atoms with Crippen LogP contribution in [0.3, 0.4) is 0 Å². The molecule has 1 aliphatic rings. The first-order valence-corrected chi connectivity index (χ1v) is 7.92. The fraction of sp³-hybridized carbons (Fsp3) is 0.588. The lowest BCUT2D eigenvalue weighted by molar-refractivity contribution is -0.132. The molecule has 5 nitrogen and oxygen atoms in total. The van der Waals surface area contributed by atoms with Crippen molar-refractivity contribution in [3.05, 3.63) is 35.9 Å². The predicted molar refractivity (Wildman–Crippen MR) is 85.6 cm³/mol. The summed E-state index contributed by atoms with van der Waals surface area (Å²) in [6.07, 6.45) is 2.30. The van der Waals surface area contributed by atoms with E-state index in [-0.39, 0.29) is 12.0 Å². The second-order valence-corrected chi connectivity index (χ2v) is 5.56. The number of rotatable bonds is 9. The summed E-state index contributed by atoms with van der Waals surface area (Å²) in [6.45, 7) is 3.73. The number of ether oxygens (including phenoxy) is 2. The molecular weight excluding hydrogens is 280 g/mol. The van der Waals surface area contributed by atoms with E-state index in [9.17, 15) is 4.79 Å². The van der Waals surface area contributed by atoms with Gasteiger partial charge in [0.2, 0.25) is 5.91 Å². The molecular formula is C17H26N2O3.